The second-order valence-corrected chi connectivity index (χ2v) is 4.93. The number of benzene rings is 2. The molecule has 0 fully saturated rings. The van der Waals surface area contributed by atoms with Crippen molar-refractivity contribution in [2.45, 2.75) is 6.42 Å². The lowest BCUT2D eigenvalue weighted by Crippen LogP contribution is -2.09. The molecule has 0 aliphatic rings. The summed E-state index contributed by atoms with van der Waals surface area (Å²) in [7, 11) is 0. The zero-order valence-corrected chi connectivity index (χ0v) is 12.3. The van der Waals surface area contributed by atoms with Crippen molar-refractivity contribution in [3.63, 3.8) is 0 Å². The molecule has 0 aliphatic heterocycles. The van der Waals surface area contributed by atoms with Crippen LogP contribution >= 0.6 is 23.2 Å². The molecule has 0 unspecified atom stereocenters. The van der Waals surface area contributed by atoms with Crippen molar-refractivity contribution in [1.29, 1.82) is 5.26 Å². The Hall–Kier alpha value is -2.22. The molecule has 21 heavy (non-hydrogen) atoms. The highest BCUT2D eigenvalue weighted by atomic mass is 35.5. The van der Waals surface area contributed by atoms with E-state index in [2.05, 4.69) is 5.32 Å². The minimum absolute atomic E-state index is 0.210. The van der Waals surface area contributed by atoms with Crippen molar-refractivity contribution in [3.8, 4) is 17.6 Å². The molecule has 0 saturated heterocycles. The summed E-state index contributed by atoms with van der Waals surface area (Å²) in [5.74, 6) is 0.611. The van der Waals surface area contributed by atoms with Crippen LogP contribution in [0, 0.1) is 11.3 Å². The molecule has 4 nitrogen and oxygen atoms in total. The molecule has 2 aromatic carbocycles. The van der Waals surface area contributed by atoms with Crippen LogP contribution in [0.15, 0.2) is 42.5 Å². The van der Waals surface area contributed by atoms with Gasteiger partial charge in [0, 0.05) is 10.7 Å². The van der Waals surface area contributed by atoms with Gasteiger partial charge in [-0.1, -0.05) is 29.3 Å². The first-order valence-electron chi connectivity index (χ1n) is 5.98. The van der Waals surface area contributed by atoms with Gasteiger partial charge in [0.1, 0.15) is 17.9 Å². The Kier molecular flexibility index (Phi) is 5.04. The molecule has 0 aromatic heterocycles. The Morgan fingerprint density at radius 2 is 2.05 bits per heavy atom. The van der Waals surface area contributed by atoms with Gasteiger partial charge >= 0.3 is 0 Å². The molecular weight excluding hydrogens is 311 g/mol. The molecule has 2 rings (SSSR count). The summed E-state index contributed by atoms with van der Waals surface area (Å²) < 4.78 is 5.62. The summed E-state index contributed by atoms with van der Waals surface area (Å²) in [6.45, 7) is 0. The summed E-state index contributed by atoms with van der Waals surface area (Å²) in [4.78, 5) is 11.3. The molecule has 0 atom stereocenters. The van der Waals surface area contributed by atoms with Gasteiger partial charge in [-0.2, -0.15) is 5.26 Å². The number of carbonyl (C=O) groups excluding carboxylic acids is 1. The monoisotopic (exact) mass is 320 g/mol. The van der Waals surface area contributed by atoms with Gasteiger partial charge in [0.05, 0.1) is 11.1 Å². The maximum absolute atomic E-state index is 11.3. The fraction of sp³-hybridized carbons (Fsp3) is 0.0667. The number of carbonyl (C=O) groups is 1. The molecule has 2 aromatic rings. The van der Waals surface area contributed by atoms with Gasteiger partial charge in [0.15, 0.2) is 0 Å². The van der Waals surface area contributed by atoms with E-state index in [9.17, 15) is 4.79 Å². The van der Waals surface area contributed by atoms with E-state index in [1.807, 2.05) is 0 Å². The maximum atomic E-state index is 11.3. The van der Waals surface area contributed by atoms with Crippen LogP contribution in [0.3, 0.4) is 0 Å². The summed E-state index contributed by atoms with van der Waals surface area (Å²) in [6, 6.07) is 13.5. The molecular formula is C15H10Cl2N2O2. The molecule has 106 valence electrons. The third kappa shape index (κ3) is 4.38. The summed E-state index contributed by atoms with van der Waals surface area (Å²) >= 11 is 12.0. The topological polar surface area (TPSA) is 62.1 Å². The van der Waals surface area contributed by atoms with Gasteiger partial charge < -0.3 is 10.1 Å². The number of ether oxygens (including phenoxy) is 1. The lowest BCUT2D eigenvalue weighted by atomic mass is 10.3. The number of nitrogens with one attached hydrogen (secondary N) is 1. The molecule has 1 amide bonds. The normalized spacial score (nSPS) is 9.76. The zero-order chi connectivity index (χ0) is 15.2. The van der Waals surface area contributed by atoms with E-state index in [0.717, 1.165) is 0 Å². The number of nitrogens with zero attached hydrogens (tertiary/aromatic N) is 1. The first-order chi connectivity index (χ1) is 10.1. The smallest absolute Gasteiger partial charge is 0.238 e. The quantitative estimate of drug-likeness (QED) is 0.892. The molecule has 6 heteroatoms. The highest BCUT2D eigenvalue weighted by molar-refractivity contribution is 6.32. The van der Waals surface area contributed by atoms with Crippen LogP contribution in [0.4, 0.5) is 5.69 Å². The summed E-state index contributed by atoms with van der Waals surface area (Å²) in [6.07, 6.45) is -0.210. The summed E-state index contributed by atoms with van der Waals surface area (Å²) in [5.41, 5.74) is 0.499. The summed E-state index contributed by atoms with van der Waals surface area (Å²) in [5, 5.41) is 11.9. The third-order valence-corrected chi connectivity index (χ3v) is 3.01. The Labute approximate surface area is 131 Å². The second kappa shape index (κ2) is 6.98. The Morgan fingerprint density at radius 3 is 2.71 bits per heavy atom. The van der Waals surface area contributed by atoms with Crippen LogP contribution < -0.4 is 10.1 Å². The van der Waals surface area contributed by atoms with Crippen molar-refractivity contribution in [1.82, 2.24) is 0 Å². The van der Waals surface area contributed by atoms with Crippen LogP contribution in [0.2, 0.25) is 10.0 Å². The lowest BCUT2D eigenvalue weighted by Gasteiger charge is -2.10. The largest absolute Gasteiger partial charge is 0.456 e. The Morgan fingerprint density at radius 1 is 1.24 bits per heavy atom. The fourth-order valence-corrected chi connectivity index (χ4v) is 2.00. The van der Waals surface area contributed by atoms with E-state index in [0.29, 0.717) is 27.2 Å². The molecule has 0 saturated carbocycles. The average Bonchev–Trinajstić information content (AvgIpc) is 2.42. The van der Waals surface area contributed by atoms with Gasteiger partial charge in [-0.15, -0.1) is 0 Å². The highest BCUT2D eigenvalue weighted by Crippen LogP contribution is 2.32. The van der Waals surface area contributed by atoms with Gasteiger partial charge in [-0.25, -0.2) is 0 Å². The van der Waals surface area contributed by atoms with Crippen LogP contribution in [-0.2, 0) is 4.79 Å². The van der Waals surface area contributed by atoms with E-state index in [-0.39, 0.29) is 6.42 Å². The molecule has 0 radical (unpaired) electrons. The number of anilines is 1. The highest BCUT2D eigenvalue weighted by Gasteiger charge is 2.07. The van der Waals surface area contributed by atoms with Gasteiger partial charge in [0.2, 0.25) is 5.91 Å². The lowest BCUT2D eigenvalue weighted by molar-refractivity contribution is -0.115. The van der Waals surface area contributed by atoms with Crippen LogP contribution in [0.1, 0.15) is 6.42 Å². The minimum Gasteiger partial charge on any atom is -0.456 e. The average molecular weight is 321 g/mol. The number of halogens is 2. The van der Waals surface area contributed by atoms with E-state index < -0.39 is 5.91 Å². The first-order valence-corrected chi connectivity index (χ1v) is 6.74. The van der Waals surface area contributed by atoms with E-state index in [1.165, 1.54) is 0 Å². The predicted molar refractivity (Wildman–Crippen MR) is 81.8 cm³/mol. The van der Waals surface area contributed by atoms with E-state index in [4.69, 9.17) is 33.2 Å². The number of hydrogen-bond acceptors (Lipinski definition) is 3. The van der Waals surface area contributed by atoms with Crippen molar-refractivity contribution in [2.24, 2.45) is 0 Å². The van der Waals surface area contributed by atoms with Crippen molar-refractivity contribution in [3.05, 3.63) is 52.5 Å². The van der Waals surface area contributed by atoms with E-state index >= 15 is 0 Å². The fourth-order valence-electron chi connectivity index (χ4n) is 1.60. The van der Waals surface area contributed by atoms with Crippen LogP contribution in [0.5, 0.6) is 11.5 Å². The van der Waals surface area contributed by atoms with Gasteiger partial charge in [0.25, 0.3) is 0 Å². The number of amides is 1. The third-order valence-electron chi connectivity index (χ3n) is 2.48. The van der Waals surface area contributed by atoms with Crippen LogP contribution in [0.25, 0.3) is 0 Å². The molecule has 0 aliphatic carbocycles. The predicted octanol–water partition coefficient (Wildman–Crippen LogP) is 4.64. The zero-order valence-electron chi connectivity index (χ0n) is 10.8. The van der Waals surface area contributed by atoms with E-state index in [1.54, 1.807) is 48.5 Å². The molecule has 1 N–H and O–H groups in total. The maximum Gasteiger partial charge on any atom is 0.238 e. The number of hydrogen-bond donors (Lipinski definition) is 1. The Balaban J connectivity index is 2.12. The van der Waals surface area contributed by atoms with Gasteiger partial charge in [-0.05, 0) is 36.4 Å². The SMILES string of the molecule is N#CCC(=O)Nc1ccc(Oc2cccc(Cl)c2)c(Cl)c1. The standard InChI is InChI=1S/C15H10Cl2N2O2/c16-10-2-1-3-12(8-10)21-14-5-4-11(9-13(14)17)19-15(20)6-7-18/h1-5,8-9H,6H2,(H,19,20). The molecule has 0 spiro atoms. The number of rotatable bonds is 4. The van der Waals surface area contributed by atoms with Crippen LogP contribution in [-0.4, -0.2) is 5.91 Å². The first kappa shape index (κ1) is 15.2. The number of nitriles is 1. The van der Waals surface area contributed by atoms with Crippen molar-refractivity contribution >= 4 is 34.8 Å². The van der Waals surface area contributed by atoms with Crippen molar-refractivity contribution in [2.75, 3.05) is 5.32 Å². The second-order valence-electron chi connectivity index (χ2n) is 4.09. The van der Waals surface area contributed by atoms with Crippen molar-refractivity contribution < 1.29 is 9.53 Å². The minimum atomic E-state index is -0.392. The van der Waals surface area contributed by atoms with Gasteiger partial charge in [-0.3, -0.25) is 4.79 Å². The molecule has 0 bridgehead atoms. The molecule has 0 heterocycles. The Bertz CT molecular complexity index is 711.